The molecule has 0 bridgehead atoms. The number of hydrogen-bond donors (Lipinski definition) is 0. The normalized spacial score (nSPS) is 18.0. The summed E-state index contributed by atoms with van der Waals surface area (Å²) >= 11 is 16.7. The summed E-state index contributed by atoms with van der Waals surface area (Å²) in [4.78, 5) is 0. The lowest BCUT2D eigenvalue weighted by atomic mass is 10.4. The Bertz CT molecular complexity index is 51.2. The van der Waals surface area contributed by atoms with Gasteiger partial charge in [-0.25, -0.2) is 0 Å². The van der Waals surface area contributed by atoms with E-state index in [-0.39, 0.29) is 10.8 Å². The molecule has 3 atom stereocenters. The maximum absolute atomic E-state index is 5.68. The summed E-state index contributed by atoms with van der Waals surface area (Å²) in [5.41, 5.74) is 0. The van der Waals surface area contributed by atoms with E-state index in [0.29, 0.717) is 5.88 Å². The molecule has 0 fully saturated rings. The van der Waals surface area contributed by atoms with Crippen molar-refractivity contribution in [3.63, 3.8) is 0 Å². The number of hydrogen-bond acceptors (Lipinski definition) is 0. The molecule has 0 aromatic carbocycles. The summed E-state index contributed by atoms with van der Waals surface area (Å²) in [7, 11) is 2.52. The topological polar surface area (TPSA) is 0 Å². The molecule has 0 saturated carbocycles. The molecule has 8 heavy (non-hydrogen) atoms. The zero-order chi connectivity index (χ0) is 6.57. The Kier molecular flexibility index (Phi) is 5.94. The average Bonchev–Trinajstić information content (AvgIpc) is 1.84. The van der Waals surface area contributed by atoms with Crippen molar-refractivity contribution in [3.05, 3.63) is 0 Å². The van der Waals surface area contributed by atoms with Gasteiger partial charge in [0.2, 0.25) is 0 Å². The lowest BCUT2D eigenvalue weighted by Crippen LogP contribution is -2.17. The van der Waals surface area contributed by atoms with Crippen molar-refractivity contribution in [1.82, 2.24) is 0 Å². The van der Waals surface area contributed by atoms with Gasteiger partial charge in [-0.05, 0) is 6.16 Å². The summed E-state index contributed by atoms with van der Waals surface area (Å²) < 4.78 is 0. The van der Waals surface area contributed by atoms with Crippen molar-refractivity contribution in [2.45, 2.75) is 10.8 Å². The standard InChI is InChI=1S/C4H8Cl3P/c5-1-3(6)4(7)2-8/h3-4H,1-2,8H2. The van der Waals surface area contributed by atoms with E-state index in [0.717, 1.165) is 6.16 Å². The van der Waals surface area contributed by atoms with Crippen molar-refractivity contribution >= 4 is 44.0 Å². The van der Waals surface area contributed by atoms with Crippen LogP contribution in [0.4, 0.5) is 0 Å². The highest BCUT2D eigenvalue weighted by molar-refractivity contribution is 7.16. The van der Waals surface area contributed by atoms with Gasteiger partial charge < -0.3 is 0 Å². The molecule has 0 aliphatic heterocycles. The Labute approximate surface area is 67.1 Å². The van der Waals surface area contributed by atoms with Crippen LogP contribution in [0.2, 0.25) is 0 Å². The van der Waals surface area contributed by atoms with E-state index in [9.17, 15) is 0 Å². The Hall–Kier alpha value is 1.30. The Balaban J connectivity index is 3.29. The fourth-order valence-electron chi connectivity index (χ4n) is 0.244. The third-order valence-corrected chi connectivity index (χ3v) is 3.13. The van der Waals surface area contributed by atoms with E-state index in [1.807, 2.05) is 0 Å². The molecule has 0 aromatic heterocycles. The minimum Gasteiger partial charge on any atom is -0.136 e. The van der Waals surface area contributed by atoms with Crippen molar-refractivity contribution < 1.29 is 0 Å². The second-order valence-electron chi connectivity index (χ2n) is 1.42. The fraction of sp³-hybridized carbons (Fsp3) is 1.00. The van der Waals surface area contributed by atoms with Crippen LogP contribution < -0.4 is 0 Å². The predicted molar refractivity (Wildman–Crippen MR) is 44.6 cm³/mol. The zero-order valence-electron chi connectivity index (χ0n) is 4.28. The minimum atomic E-state index is -0.101. The SMILES string of the molecule is PCC(Cl)C(Cl)CCl. The van der Waals surface area contributed by atoms with Gasteiger partial charge in [-0.3, -0.25) is 0 Å². The molecule has 0 N–H and O–H groups in total. The Morgan fingerprint density at radius 3 is 1.88 bits per heavy atom. The predicted octanol–water partition coefficient (Wildman–Crippen LogP) is 2.32. The summed E-state index contributed by atoms with van der Waals surface area (Å²) in [5.74, 6) is 0.421. The van der Waals surface area contributed by atoms with E-state index in [1.54, 1.807) is 0 Å². The monoisotopic (exact) mass is 192 g/mol. The maximum atomic E-state index is 5.68. The van der Waals surface area contributed by atoms with E-state index in [1.165, 1.54) is 0 Å². The van der Waals surface area contributed by atoms with Crippen LogP contribution in [-0.4, -0.2) is 22.8 Å². The van der Waals surface area contributed by atoms with Crippen LogP contribution >= 0.6 is 44.0 Å². The highest BCUT2D eigenvalue weighted by Crippen LogP contribution is 2.13. The smallest absolute Gasteiger partial charge is 0.0638 e. The van der Waals surface area contributed by atoms with Gasteiger partial charge in [0.15, 0.2) is 0 Å². The first-order chi connectivity index (χ1) is 3.72. The molecule has 0 saturated heterocycles. The van der Waals surface area contributed by atoms with Crippen LogP contribution in [0, 0.1) is 0 Å². The van der Waals surface area contributed by atoms with Crippen LogP contribution in [0.5, 0.6) is 0 Å². The van der Waals surface area contributed by atoms with E-state index < -0.39 is 0 Å². The second-order valence-corrected chi connectivity index (χ2v) is 3.32. The Morgan fingerprint density at radius 2 is 1.75 bits per heavy atom. The average molecular weight is 193 g/mol. The van der Waals surface area contributed by atoms with Gasteiger partial charge in [0.05, 0.1) is 10.8 Å². The van der Waals surface area contributed by atoms with Crippen LogP contribution in [0.3, 0.4) is 0 Å². The molecular formula is C4H8Cl3P. The summed E-state index contributed by atoms with van der Waals surface area (Å²) in [5, 5.41) is -0.116. The first-order valence-electron chi connectivity index (χ1n) is 2.26. The largest absolute Gasteiger partial charge is 0.136 e. The molecule has 4 heteroatoms. The molecule has 3 unspecified atom stereocenters. The molecule has 0 aromatic rings. The van der Waals surface area contributed by atoms with Crippen LogP contribution in [-0.2, 0) is 0 Å². The van der Waals surface area contributed by atoms with Gasteiger partial charge >= 0.3 is 0 Å². The van der Waals surface area contributed by atoms with Gasteiger partial charge in [0, 0.05) is 5.88 Å². The van der Waals surface area contributed by atoms with Gasteiger partial charge in [-0.1, -0.05) is 0 Å². The van der Waals surface area contributed by atoms with Gasteiger partial charge in [-0.2, -0.15) is 0 Å². The van der Waals surface area contributed by atoms with Crippen molar-refractivity contribution in [3.8, 4) is 0 Å². The summed E-state index contributed by atoms with van der Waals surface area (Å²) in [6, 6.07) is 0. The quantitative estimate of drug-likeness (QED) is 0.477. The molecule has 0 aliphatic carbocycles. The molecule has 50 valence electrons. The van der Waals surface area contributed by atoms with Crippen LogP contribution in [0.25, 0.3) is 0 Å². The maximum Gasteiger partial charge on any atom is 0.0638 e. The van der Waals surface area contributed by atoms with E-state index in [4.69, 9.17) is 34.8 Å². The third kappa shape index (κ3) is 3.35. The third-order valence-electron chi connectivity index (χ3n) is 0.765. The molecule has 0 spiro atoms. The minimum absolute atomic E-state index is 0.0147. The van der Waals surface area contributed by atoms with Crippen LogP contribution in [0.1, 0.15) is 0 Å². The fourth-order valence-corrected chi connectivity index (χ4v) is 1.24. The van der Waals surface area contributed by atoms with Gasteiger partial charge in [0.1, 0.15) is 0 Å². The van der Waals surface area contributed by atoms with Crippen molar-refractivity contribution in [2.75, 3.05) is 12.0 Å². The van der Waals surface area contributed by atoms with E-state index >= 15 is 0 Å². The molecule has 0 nitrogen and oxygen atoms in total. The molecule has 0 aliphatic rings. The lowest BCUT2D eigenvalue weighted by Gasteiger charge is -2.08. The lowest BCUT2D eigenvalue weighted by molar-refractivity contribution is 0.922. The highest BCUT2D eigenvalue weighted by Gasteiger charge is 2.12. The summed E-state index contributed by atoms with van der Waals surface area (Å²) in [6.45, 7) is 0. The summed E-state index contributed by atoms with van der Waals surface area (Å²) in [6.07, 6.45) is 0.794. The first kappa shape index (κ1) is 9.30. The zero-order valence-corrected chi connectivity index (χ0v) is 7.70. The van der Waals surface area contributed by atoms with Crippen LogP contribution in [0.15, 0.2) is 0 Å². The van der Waals surface area contributed by atoms with Crippen molar-refractivity contribution in [1.29, 1.82) is 0 Å². The van der Waals surface area contributed by atoms with E-state index in [2.05, 4.69) is 9.24 Å². The molecule has 0 rings (SSSR count). The van der Waals surface area contributed by atoms with Gasteiger partial charge in [-0.15, -0.1) is 44.0 Å². The highest BCUT2D eigenvalue weighted by atomic mass is 35.5. The number of alkyl halides is 3. The number of rotatable bonds is 3. The molecule has 0 radical (unpaired) electrons. The molecule has 0 amide bonds. The molecule has 0 heterocycles. The Morgan fingerprint density at radius 1 is 1.25 bits per heavy atom. The number of halogens is 3. The first-order valence-corrected chi connectivity index (χ1v) is 4.49. The second kappa shape index (κ2) is 5.11. The molecular weight excluding hydrogens is 185 g/mol. The van der Waals surface area contributed by atoms with Crippen molar-refractivity contribution in [2.24, 2.45) is 0 Å². The van der Waals surface area contributed by atoms with Gasteiger partial charge in [0.25, 0.3) is 0 Å².